The van der Waals surface area contributed by atoms with E-state index < -0.39 is 10.0 Å². The van der Waals surface area contributed by atoms with Crippen LogP contribution in [0.1, 0.15) is 5.56 Å². The number of nitrogens with one attached hydrogen (secondary N) is 1. The van der Waals surface area contributed by atoms with Gasteiger partial charge in [-0.25, -0.2) is 8.42 Å². The second-order valence-electron chi connectivity index (χ2n) is 6.66. The lowest BCUT2D eigenvalue weighted by atomic mass is 10.2. The molecule has 1 N–H and O–H groups in total. The van der Waals surface area contributed by atoms with Crippen molar-refractivity contribution in [1.29, 1.82) is 0 Å². The number of hydrogen-bond acceptors (Lipinski definition) is 5. The summed E-state index contributed by atoms with van der Waals surface area (Å²) in [5.74, 6) is 0.341. The molecule has 0 bridgehead atoms. The molecule has 0 unspecified atom stereocenters. The summed E-state index contributed by atoms with van der Waals surface area (Å²) in [5.41, 5.74) is 1.80. The molecule has 0 amide bonds. The van der Waals surface area contributed by atoms with Crippen LogP contribution < -0.4 is 14.3 Å². The van der Waals surface area contributed by atoms with Crippen molar-refractivity contribution in [2.45, 2.75) is 11.4 Å². The highest BCUT2D eigenvalue weighted by atomic mass is 35.5. The zero-order valence-corrected chi connectivity index (χ0v) is 19.3. The van der Waals surface area contributed by atoms with Gasteiger partial charge in [-0.2, -0.15) is 0 Å². The fourth-order valence-electron chi connectivity index (χ4n) is 3.10. The van der Waals surface area contributed by atoms with Crippen LogP contribution in [-0.4, -0.2) is 20.1 Å². The predicted octanol–water partition coefficient (Wildman–Crippen LogP) is 5.23. The second-order valence-corrected chi connectivity index (χ2v) is 10.2. The minimum atomic E-state index is -3.93. The van der Waals surface area contributed by atoms with E-state index in [1.165, 1.54) is 25.3 Å². The quantitative estimate of drug-likeness (QED) is 0.398. The molecule has 3 aromatic carbocycles. The lowest BCUT2D eigenvalue weighted by Gasteiger charge is -2.12. The third-order valence-corrected chi connectivity index (χ3v) is 7.40. The Hall–Kier alpha value is -2.52. The van der Waals surface area contributed by atoms with Crippen LogP contribution in [0, 0.1) is 0 Å². The van der Waals surface area contributed by atoms with E-state index in [-0.39, 0.29) is 15.5 Å². The molecule has 1 aromatic heterocycles. The molecule has 0 saturated carbocycles. The zero-order chi connectivity index (χ0) is 22.2. The lowest BCUT2D eigenvalue weighted by molar-refractivity contribution is 0.417. The normalized spacial score (nSPS) is 11.6. The van der Waals surface area contributed by atoms with E-state index in [2.05, 4.69) is 4.72 Å². The average Bonchev–Trinajstić information content (AvgIpc) is 3.04. The van der Waals surface area contributed by atoms with Gasteiger partial charge in [0.05, 0.1) is 34.5 Å². The molecule has 10 heteroatoms. The van der Waals surface area contributed by atoms with Gasteiger partial charge in [0, 0.05) is 10.0 Å². The summed E-state index contributed by atoms with van der Waals surface area (Å²) in [7, 11) is -2.49. The molecular weight excluding hydrogens is 479 g/mol. The smallest absolute Gasteiger partial charge is 0.308 e. The van der Waals surface area contributed by atoms with Crippen molar-refractivity contribution in [2.75, 3.05) is 11.8 Å². The van der Waals surface area contributed by atoms with E-state index in [1.807, 2.05) is 12.1 Å². The monoisotopic (exact) mass is 494 g/mol. The molecule has 0 spiro atoms. The maximum atomic E-state index is 12.9. The summed E-state index contributed by atoms with van der Waals surface area (Å²) >= 11 is 12.9. The number of nitrogens with zero attached hydrogens (tertiary/aromatic N) is 1. The molecule has 0 aliphatic heterocycles. The van der Waals surface area contributed by atoms with Crippen LogP contribution >= 0.6 is 34.5 Å². The van der Waals surface area contributed by atoms with Crippen molar-refractivity contribution >= 4 is 60.5 Å². The van der Waals surface area contributed by atoms with E-state index >= 15 is 0 Å². The molecule has 6 nitrogen and oxygen atoms in total. The van der Waals surface area contributed by atoms with Gasteiger partial charge in [-0.3, -0.25) is 14.1 Å². The first kappa shape index (κ1) is 21.7. The van der Waals surface area contributed by atoms with Gasteiger partial charge in [0.15, 0.2) is 0 Å². The summed E-state index contributed by atoms with van der Waals surface area (Å²) in [4.78, 5) is 12.4. The Morgan fingerprint density at radius 1 is 1.00 bits per heavy atom. The van der Waals surface area contributed by atoms with Crippen LogP contribution in [0.25, 0.3) is 10.2 Å². The van der Waals surface area contributed by atoms with Gasteiger partial charge in [0.25, 0.3) is 10.0 Å². The molecule has 4 aromatic rings. The molecule has 0 aliphatic carbocycles. The largest absolute Gasteiger partial charge is 0.495 e. The topological polar surface area (TPSA) is 77.4 Å². The van der Waals surface area contributed by atoms with Gasteiger partial charge >= 0.3 is 4.87 Å². The van der Waals surface area contributed by atoms with E-state index in [1.54, 1.807) is 34.9 Å². The summed E-state index contributed by atoms with van der Waals surface area (Å²) in [5, 5.41) is 0.983. The Morgan fingerprint density at radius 2 is 1.71 bits per heavy atom. The molecule has 0 fully saturated rings. The van der Waals surface area contributed by atoms with Crippen LogP contribution in [0.5, 0.6) is 5.75 Å². The Morgan fingerprint density at radius 3 is 2.42 bits per heavy atom. The first-order chi connectivity index (χ1) is 14.8. The van der Waals surface area contributed by atoms with Crippen molar-refractivity contribution in [2.24, 2.45) is 0 Å². The lowest BCUT2D eigenvalue weighted by Crippen LogP contribution is -2.14. The fourth-order valence-corrected chi connectivity index (χ4v) is 5.49. The minimum absolute atomic E-state index is 0.0296. The highest BCUT2D eigenvalue weighted by molar-refractivity contribution is 7.92. The van der Waals surface area contributed by atoms with Gasteiger partial charge in [-0.1, -0.05) is 46.7 Å². The molecular formula is C21H16Cl2N2O4S2. The average molecular weight is 495 g/mol. The SMILES string of the molecule is COc1ccc(Cl)cc1NS(=O)(=O)c1ccc2c(c1)sc(=O)n2Cc1ccc(Cl)cc1. The van der Waals surface area contributed by atoms with Gasteiger partial charge in [-0.05, 0) is 54.1 Å². The Balaban J connectivity index is 1.69. The van der Waals surface area contributed by atoms with Gasteiger partial charge < -0.3 is 4.74 Å². The third kappa shape index (κ3) is 4.57. The van der Waals surface area contributed by atoms with Crippen molar-refractivity contribution in [3.63, 3.8) is 0 Å². The molecule has 0 aliphatic rings. The van der Waals surface area contributed by atoms with Crippen molar-refractivity contribution in [3.8, 4) is 5.75 Å². The number of hydrogen-bond donors (Lipinski definition) is 1. The van der Waals surface area contributed by atoms with Crippen molar-refractivity contribution < 1.29 is 13.2 Å². The molecule has 0 saturated heterocycles. The van der Waals surface area contributed by atoms with E-state index in [0.717, 1.165) is 16.9 Å². The number of halogens is 2. The molecule has 0 atom stereocenters. The number of aromatic nitrogens is 1. The number of anilines is 1. The van der Waals surface area contributed by atoms with Crippen molar-refractivity contribution in [3.05, 3.63) is 85.9 Å². The third-order valence-electron chi connectivity index (χ3n) is 4.61. The highest BCUT2D eigenvalue weighted by Crippen LogP contribution is 2.31. The molecule has 0 radical (unpaired) electrons. The standard InChI is InChI=1S/C21H16Cl2N2O4S2/c1-29-19-9-6-15(23)10-17(19)24-31(27,28)16-7-8-18-20(11-16)30-21(26)25(18)12-13-2-4-14(22)5-3-13/h2-11,24H,12H2,1H3. The summed E-state index contributed by atoms with van der Waals surface area (Å²) in [6.45, 7) is 0.361. The van der Waals surface area contributed by atoms with Gasteiger partial charge in [0.1, 0.15) is 5.75 Å². The number of sulfonamides is 1. The molecule has 4 rings (SSSR count). The van der Waals surface area contributed by atoms with Gasteiger partial charge in [0.2, 0.25) is 0 Å². The van der Waals surface area contributed by atoms with Crippen LogP contribution in [0.3, 0.4) is 0 Å². The number of fused-ring (bicyclic) bond motifs is 1. The Kier molecular flexibility index (Phi) is 5.98. The van der Waals surface area contributed by atoms with E-state index in [4.69, 9.17) is 27.9 Å². The molecule has 31 heavy (non-hydrogen) atoms. The number of thiazole rings is 1. The fraction of sp³-hybridized carbons (Fsp3) is 0.0952. The van der Waals surface area contributed by atoms with Crippen LogP contribution in [0.2, 0.25) is 10.0 Å². The summed E-state index contributed by atoms with van der Waals surface area (Å²) < 4.78 is 35.7. The number of ether oxygens (including phenoxy) is 1. The van der Waals surface area contributed by atoms with Crippen molar-refractivity contribution in [1.82, 2.24) is 4.57 Å². The van der Waals surface area contributed by atoms with Crippen LogP contribution in [-0.2, 0) is 16.6 Å². The number of benzene rings is 3. The Bertz CT molecular complexity index is 1430. The molecule has 160 valence electrons. The maximum absolute atomic E-state index is 12.9. The number of rotatable bonds is 6. The predicted molar refractivity (Wildman–Crippen MR) is 125 cm³/mol. The highest BCUT2D eigenvalue weighted by Gasteiger charge is 2.19. The Labute approximate surface area is 192 Å². The number of methoxy groups -OCH3 is 1. The van der Waals surface area contributed by atoms with Gasteiger partial charge in [-0.15, -0.1) is 0 Å². The second kappa shape index (κ2) is 8.55. The summed E-state index contributed by atoms with van der Waals surface area (Å²) in [6.07, 6.45) is 0. The minimum Gasteiger partial charge on any atom is -0.495 e. The zero-order valence-electron chi connectivity index (χ0n) is 16.1. The molecule has 1 heterocycles. The summed E-state index contributed by atoms with van der Waals surface area (Å²) in [6, 6.07) is 16.4. The first-order valence-corrected chi connectivity index (χ1v) is 12.1. The maximum Gasteiger partial charge on any atom is 0.308 e. The van der Waals surface area contributed by atoms with E-state index in [0.29, 0.717) is 32.6 Å². The van der Waals surface area contributed by atoms with Crippen LogP contribution in [0.15, 0.2) is 70.4 Å². The van der Waals surface area contributed by atoms with E-state index in [9.17, 15) is 13.2 Å². The first-order valence-electron chi connectivity index (χ1n) is 9.01. The van der Waals surface area contributed by atoms with Crippen LogP contribution in [0.4, 0.5) is 5.69 Å².